The minimum absolute atomic E-state index is 0.754. The van der Waals surface area contributed by atoms with Gasteiger partial charge in [-0.05, 0) is 133 Å². The van der Waals surface area contributed by atoms with E-state index in [0.717, 1.165) is 80.5 Å². The monoisotopic (exact) mass is 951 g/mol. The van der Waals surface area contributed by atoms with Crippen molar-refractivity contribution in [1.82, 2.24) is 18.7 Å². The Bertz CT molecular complexity index is 4270. The Kier molecular flexibility index (Phi) is 11.4. The Balaban J connectivity index is 0.979. The molecular weight excluding hydrogens is 899 g/mol. The van der Waals surface area contributed by atoms with Gasteiger partial charge in [-0.15, -0.1) is 0 Å². The summed E-state index contributed by atoms with van der Waals surface area (Å²) in [6.07, 6.45) is 22.6. The Morgan fingerprint density at radius 1 is 0.554 bits per heavy atom. The van der Waals surface area contributed by atoms with Gasteiger partial charge in [-0.1, -0.05) is 182 Å². The fraction of sp³-hybridized carbons (Fsp3) is 0.0580. The van der Waals surface area contributed by atoms with E-state index in [2.05, 4.69) is 282 Å². The molecule has 2 aliphatic carbocycles. The molecule has 0 aliphatic heterocycles. The van der Waals surface area contributed by atoms with Crippen LogP contribution < -0.4 is 15.9 Å². The Morgan fingerprint density at radius 3 is 1.96 bits per heavy atom. The number of benzene rings is 7. The topological polar surface area (TPSA) is 39.7 Å². The van der Waals surface area contributed by atoms with Crippen molar-refractivity contribution in [3.8, 4) is 22.8 Å². The van der Waals surface area contributed by atoms with Gasteiger partial charge in [0.1, 0.15) is 11.6 Å². The third-order valence-electron chi connectivity index (χ3n) is 14.7. The number of para-hydroxylation sites is 4. The van der Waals surface area contributed by atoms with Crippen LogP contribution in [0.4, 0.5) is 11.4 Å². The van der Waals surface area contributed by atoms with Crippen molar-refractivity contribution in [3.63, 3.8) is 0 Å². The lowest BCUT2D eigenvalue weighted by molar-refractivity contribution is 0.981. The van der Waals surface area contributed by atoms with Crippen LogP contribution in [-0.2, 0) is 6.42 Å². The fourth-order valence-electron chi connectivity index (χ4n) is 11.3. The number of fused-ring (bicyclic) bond motifs is 9. The summed E-state index contributed by atoms with van der Waals surface area (Å²) in [5, 5.41) is 9.67. The summed E-state index contributed by atoms with van der Waals surface area (Å²) in [5.74, 6) is 1.73. The highest BCUT2D eigenvalue weighted by Gasteiger charge is 2.23. The first-order valence-corrected chi connectivity index (χ1v) is 25.6. The highest BCUT2D eigenvalue weighted by atomic mass is 15.1. The van der Waals surface area contributed by atoms with Gasteiger partial charge in [-0.25, -0.2) is 4.98 Å². The third kappa shape index (κ3) is 7.87. The molecule has 0 saturated carbocycles. The first-order chi connectivity index (χ1) is 36.6. The van der Waals surface area contributed by atoms with Crippen molar-refractivity contribution in [2.75, 3.05) is 5.32 Å². The lowest BCUT2D eigenvalue weighted by atomic mass is 9.98. The van der Waals surface area contributed by atoms with E-state index in [1.54, 1.807) is 0 Å². The number of hydrogen-bond donors (Lipinski definition) is 1. The van der Waals surface area contributed by atoms with E-state index >= 15 is 0 Å². The van der Waals surface area contributed by atoms with Crippen LogP contribution in [0.1, 0.15) is 53.9 Å². The molecule has 5 heteroatoms. The predicted molar refractivity (Wildman–Crippen MR) is 313 cm³/mol. The number of anilines is 2. The van der Waals surface area contributed by atoms with Crippen LogP contribution >= 0.6 is 0 Å². The highest BCUT2D eigenvalue weighted by Crippen LogP contribution is 2.38. The molecule has 0 amide bonds. The molecule has 13 rings (SSSR count). The number of nitrogens with one attached hydrogen (secondary N) is 1. The van der Waals surface area contributed by atoms with Crippen LogP contribution in [0.25, 0.3) is 96.6 Å². The lowest BCUT2D eigenvalue weighted by Crippen LogP contribution is -2.29. The zero-order chi connectivity index (χ0) is 49.5. The Labute approximate surface area is 431 Å². The molecule has 4 aromatic heterocycles. The minimum atomic E-state index is 0.754. The first kappa shape index (κ1) is 44.5. The van der Waals surface area contributed by atoms with Crippen LogP contribution in [0.2, 0.25) is 0 Å². The Morgan fingerprint density at radius 2 is 1.19 bits per heavy atom. The number of allylic oxidation sites excluding steroid dienone is 8. The molecule has 0 atom stereocenters. The second-order valence-electron chi connectivity index (χ2n) is 19.1. The highest BCUT2D eigenvalue weighted by molar-refractivity contribution is 6.10. The van der Waals surface area contributed by atoms with Gasteiger partial charge in [0, 0.05) is 49.6 Å². The van der Waals surface area contributed by atoms with E-state index in [0.29, 0.717) is 0 Å². The summed E-state index contributed by atoms with van der Waals surface area (Å²) in [6.45, 7) is 4.38. The van der Waals surface area contributed by atoms with Crippen LogP contribution in [0.3, 0.4) is 0 Å². The molecule has 0 unspecified atom stereocenters. The van der Waals surface area contributed by atoms with Crippen molar-refractivity contribution in [1.29, 1.82) is 0 Å². The molecule has 11 aromatic rings. The number of pyridine rings is 1. The quantitative estimate of drug-likeness (QED) is 0.139. The van der Waals surface area contributed by atoms with Crippen LogP contribution in [-0.4, -0.2) is 18.7 Å². The smallest absolute Gasteiger partial charge is 0.140 e. The van der Waals surface area contributed by atoms with Crippen molar-refractivity contribution in [3.05, 3.63) is 275 Å². The standard InChI is InChI=1S/C69H53N5/c1-3-48(49-23-8-4-9-24-49)44-52(50-25-10-5-11-26-50)43-47(2)72-62-34-15-7-14-30-57(62)60-46-67-59(41-42-65(60)72)56-32-18-21-36-64(56)74(67)69-38-22-37-68(71-69)73-63-35-20-17-31-55(63)58-40-39-51(45-66(58)73)54-29-16-19-33-61(54)70-53-27-12-6-13-28-53/h3-6,8-40,42-46,70H,7,41H2,1-2H3/b47-43+,48-3+,52-44+. The maximum atomic E-state index is 5.66. The number of nitrogens with zero attached hydrogens (tertiary/aromatic N) is 4. The van der Waals surface area contributed by atoms with Gasteiger partial charge in [0.15, 0.2) is 0 Å². The molecule has 354 valence electrons. The average Bonchev–Trinajstić information content (AvgIpc) is 3.93. The van der Waals surface area contributed by atoms with Gasteiger partial charge in [0.25, 0.3) is 0 Å². The predicted octanol–water partition coefficient (Wildman–Crippen LogP) is 16.0. The Hall–Kier alpha value is -9.45. The van der Waals surface area contributed by atoms with E-state index in [1.807, 2.05) is 6.07 Å². The zero-order valence-electron chi connectivity index (χ0n) is 41.5. The van der Waals surface area contributed by atoms with Crippen LogP contribution in [0.5, 0.6) is 0 Å². The van der Waals surface area contributed by atoms with E-state index in [4.69, 9.17) is 4.98 Å². The summed E-state index contributed by atoms with van der Waals surface area (Å²) in [7, 11) is 0. The number of hydrogen-bond acceptors (Lipinski definition) is 2. The van der Waals surface area contributed by atoms with Crippen LogP contribution in [0, 0.1) is 0 Å². The molecule has 4 heterocycles. The lowest BCUT2D eigenvalue weighted by Gasteiger charge is -2.14. The summed E-state index contributed by atoms with van der Waals surface area (Å²) >= 11 is 0. The largest absolute Gasteiger partial charge is 0.355 e. The molecule has 1 N–H and O–H groups in total. The second kappa shape index (κ2) is 18.9. The zero-order valence-corrected chi connectivity index (χ0v) is 41.5. The van der Waals surface area contributed by atoms with Crippen molar-refractivity contribution < 1.29 is 0 Å². The molecule has 0 bridgehead atoms. The van der Waals surface area contributed by atoms with Gasteiger partial charge in [0.05, 0.1) is 33.3 Å². The molecular formula is C69H53N5. The van der Waals surface area contributed by atoms with Crippen molar-refractivity contribution >= 4 is 85.2 Å². The van der Waals surface area contributed by atoms with Gasteiger partial charge < -0.3 is 9.88 Å². The van der Waals surface area contributed by atoms with Crippen LogP contribution in [0.15, 0.2) is 231 Å². The summed E-state index contributed by atoms with van der Waals surface area (Å²) in [4.78, 5) is 5.66. The van der Waals surface area contributed by atoms with Gasteiger partial charge in [0.2, 0.25) is 0 Å². The van der Waals surface area contributed by atoms with Gasteiger partial charge >= 0.3 is 0 Å². The fourth-order valence-corrected chi connectivity index (χ4v) is 11.3. The minimum Gasteiger partial charge on any atom is -0.355 e. The second-order valence-corrected chi connectivity index (χ2v) is 19.1. The maximum absolute atomic E-state index is 5.66. The normalized spacial score (nSPS) is 13.5. The number of aromatic nitrogens is 4. The maximum Gasteiger partial charge on any atom is 0.140 e. The van der Waals surface area contributed by atoms with E-state index in [9.17, 15) is 0 Å². The van der Waals surface area contributed by atoms with E-state index in [-0.39, 0.29) is 0 Å². The summed E-state index contributed by atoms with van der Waals surface area (Å²) in [5.41, 5.74) is 18.4. The molecule has 0 spiro atoms. The van der Waals surface area contributed by atoms with Gasteiger partial charge in [-0.2, -0.15) is 0 Å². The van der Waals surface area contributed by atoms with Crippen molar-refractivity contribution in [2.24, 2.45) is 0 Å². The molecule has 0 saturated heterocycles. The molecule has 74 heavy (non-hydrogen) atoms. The average molecular weight is 952 g/mol. The molecule has 2 aliphatic rings. The summed E-state index contributed by atoms with van der Waals surface area (Å²) in [6, 6.07) is 71.2. The molecule has 5 nitrogen and oxygen atoms in total. The summed E-state index contributed by atoms with van der Waals surface area (Å²) < 4.78 is 7.21. The molecule has 0 radical (unpaired) electrons. The van der Waals surface area contributed by atoms with E-state index in [1.165, 1.54) is 60.2 Å². The molecule has 7 aromatic carbocycles. The molecule has 0 fully saturated rings. The third-order valence-corrected chi connectivity index (χ3v) is 14.7. The van der Waals surface area contributed by atoms with Gasteiger partial charge in [-0.3, -0.25) is 9.13 Å². The van der Waals surface area contributed by atoms with E-state index < -0.39 is 0 Å². The number of rotatable bonds is 10. The SMILES string of the molecule is C\C=C(/C=C(\C=C(/C)n1c2c(c3c1=CCc1c(n(-c4cccc(-n5c6ccccc6c6ccc(-c7ccccc7Nc7ccccc7)cc65)n4)c4ccccc14)C=3)C=CCC=C2)c1ccccc1)c1ccccc1. The van der Waals surface area contributed by atoms with Crippen molar-refractivity contribution in [2.45, 2.75) is 26.7 Å². The first-order valence-electron chi connectivity index (χ1n) is 25.6.